The predicted molar refractivity (Wildman–Crippen MR) is 86.2 cm³/mol. The molecule has 5 nitrogen and oxygen atoms in total. The van der Waals surface area contributed by atoms with E-state index < -0.39 is 0 Å². The van der Waals surface area contributed by atoms with E-state index >= 15 is 0 Å². The Morgan fingerprint density at radius 2 is 2.05 bits per heavy atom. The van der Waals surface area contributed by atoms with Crippen molar-refractivity contribution in [3.8, 4) is 0 Å². The van der Waals surface area contributed by atoms with Crippen LogP contribution in [0.2, 0.25) is 0 Å². The molecule has 5 heteroatoms. The van der Waals surface area contributed by atoms with Gasteiger partial charge in [-0.05, 0) is 43.7 Å². The Morgan fingerprint density at radius 1 is 1.29 bits per heavy atom. The van der Waals surface area contributed by atoms with E-state index in [2.05, 4.69) is 29.5 Å². The van der Waals surface area contributed by atoms with Crippen molar-refractivity contribution in [2.75, 3.05) is 19.7 Å². The van der Waals surface area contributed by atoms with Gasteiger partial charge < -0.3 is 20.2 Å². The summed E-state index contributed by atoms with van der Waals surface area (Å²) in [5, 5.41) is 15.9. The van der Waals surface area contributed by atoms with Gasteiger partial charge in [0.15, 0.2) is 5.96 Å². The average Bonchev–Trinajstić information content (AvgIpc) is 3.02. The highest BCUT2D eigenvalue weighted by molar-refractivity contribution is 5.79. The van der Waals surface area contributed by atoms with Crippen molar-refractivity contribution in [3.05, 3.63) is 24.2 Å². The fourth-order valence-electron chi connectivity index (χ4n) is 2.35. The number of aliphatic hydroxyl groups is 1. The normalized spacial score (nSPS) is 12.5. The Bertz CT molecular complexity index is 398. The van der Waals surface area contributed by atoms with Crippen molar-refractivity contribution >= 4 is 5.96 Å². The van der Waals surface area contributed by atoms with Crippen molar-refractivity contribution in [2.24, 2.45) is 10.4 Å². The molecule has 0 aliphatic rings. The molecule has 0 saturated heterocycles. The standard InChI is InChI=1S/C16H29N3O2/c1-4-16(5-2,9-10-20)13-19-15(17-6-3)18-12-14-8-7-11-21-14/h7-8,11,20H,4-6,9-10,12-13H2,1-3H3,(H2,17,18,19). The van der Waals surface area contributed by atoms with Crippen molar-refractivity contribution in [3.63, 3.8) is 0 Å². The zero-order valence-electron chi connectivity index (χ0n) is 13.5. The van der Waals surface area contributed by atoms with Crippen molar-refractivity contribution in [1.29, 1.82) is 0 Å². The van der Waals surface area contributed by atoms with E-state index in [0.717, 1.165) is 44.1 Å². The molecule has 0 spiro atoms. The maximum Gasteiger partial charge on any atom is 0.191 e. The molecule has 1 aromatic rings. The number of nitrogens with one attached hydrogen (secondary N) is 2. The maximum atomic E-state index is 9.28. The summed E-state index contributed by atoms with van der Waals surface area (Å²) < 4.78 is 5.29. The first-order valence-corrected chi connectivity index (χ1v) is 7.85. The number of hydrogen-bond donors (Lipinski definition) is 3. The molecule has 120 valence electrons. The molecule has 0 fully saturated rings. The van der Waals surface area contributed by atoms with Gasteiger partial charge in [-0.2, -0.15) is 0 Å². The lowest BCUT2D eigenvalue weighted by Gasteiger charge is -2.32. The van der Waals surface area contributed by atoms with Crippen LogP contribution in [0.5, 0.6) is 0 Å². The highest BCUT2D eigenvalue weighted by Crippen LogP contribution is 2.29. The van der Waals surface area contributed by atoms with Crippen LogP contribution in [0.4, 0.5) is 0 Å². The molecule has 0 aliphatic carbocycles. The zero-order valence-corrected chi connectivity index (χ0v) is 13.5. The Labute approximate surface area is 127 Å². The molecule has 21 heavy (non-hydrogen) atoms. The highest BCUT2D eigenvalue weighted by Gasteiger charge is 2.25. The Morgan fingerprint density at radius 3 is 2.57 bits per heavy atom. The van der Waals surface area contributed by atoms with E-state index in [1.165, 1.54) is 0 Å². The molecular formula is C16H29N3O2. The summed E-state index contributed by atoms with van der Waals surface area (Å²) in [6, 6.07) is 3.78. The SMILES string of the molecule is CCNC(=NCc1ccco1)NCC(CC)(CC)CCO. The first-order valence-electron chi connectivity index (χ1n) is 7.85. The van der Waals surface area contributed by atoms with Gasteiger partial charge in [-0.15, -0.1) is 0 Å². The van der Waals surface area contributed by atoms with E-state index in [4.69, 9.17) is 4.42 Å². The van der Waals surface area contributed by atoms with E-state index in [1.807, 2.05) is 19.1 Å². The number of hydrogen-bond acceptors (Lipinski definition) is 3. The van der Waals surface area contributed by atoms with Gasteiger partial charge in [0.25, 0.3) is 0 Å². The second kappa shape index (κ2) is 9.45. The van der Waals surface area contributed by atoms with Crippen LogP contribution < -0.4 is 10.6 Å². The Kier molecular flexibility index (Phi) is 7.90. The molecule has 0 saturated carbocycles. The second-order valence-electron chi connectivity index (χ2n) is 5.31. The molecule has 0 aliphatic heterocycles. The molecule has 0 amide bonds. The fraction of sp³-hybridized carbons (Fsp3) is 0.688. The lowest BCUT2D eigenvalue weighted by atomic mass is 9.79. The largest absolute Gasteiger partial charge is 0.467 e. The quantitative estimate of drug-likeness (QED) is 0.483. The Balaban J connectivity index is 2.62. The molecule has 0 aromatic carbocycles. The van der Waals surface area contributed by atoms with E-state index in [0.29, 0.717) is 6.54 Å². The topological polar surface area (TPSA) is 69.8 Å². The summed E-state index contributed by atoms with van der Waals surface area (Å²) in [5.41, 5.74) is 0.121. The van der Waals surface area contributed by atoms with Crippen LogP contribution >= 0.6 is 0 Å². The van der Waals surface area contributed by atoms with Crippen LogP contribution in [0.25, 0.3) is 0 Å². The summed E-state index contributed by atoms with van der Waals surface area (Å²) in [6.45, 7) is 8.77. The van der Waals surface area contributed by atoms with Crippen LogP contribution in [0.1, 0.15) is 45.8 Å². The lowest BCUT2D eigenvalue weighted by Crippen LogP contribution is -2.43. The van der Waals surface area contributed by atoms with E-state index in [1.54, 1.807) is 6.26 Å². The molecule has 0 unspecified atom stereocenters. The number of guanidine groups is 1. The predicted octanol–water partition coefficient (Wildman–Crippen LogP) is 2.52. The summed E-state index contributed by atoms with van der Waals surface area (Å²) in [5.74, 6) is 1.64. The van der Waals surface area contributed by atoms with Gasteiger partial charge in [0.1, 0.15) is 12.3 Å². The minimum atomic E-state index is 0.121. The third kappa shape index (κ3) is 5.79. The van der Waals surface area contributed by atoms with E-state index in [9.17, 15) is 5.11 Å². The fourth-order valence-corrected chi connectivity index (χ4v) is 2.35. The molecule has 0 atom stereocenters. The minimum Gasteiger partial charge on any atom is -0.467 e. The summed E-state index contributed by atoms with van der Waals surface area (Å²) in [6.07, 6.45) is 4.54. The monoisotopic (exact) mass is 295 g/mol. The molecule has 1 rings (SSSR count). The first-order chi connectivity index (χ1) is 10.2. The van der Waals surface area contributed by atoms with Crippen LogP contribution in [-0.4, -0.2) is 30.8 Å². The van der Waals surface area contributed by atoms with Crippen LogP contribution in [0.15, 0.2) is 27.8 Å². The molecule has 1 aromatic heterocycles. The highest BCUT2D eigenvalue weighted by atomic mass is 16.3. The molecule has 0 bridgehead atoms. The van der Waals surface area contributed by atoms with Gasteiger partial charge in [0, 0.05) is 19.7 Å². The van der Waals surface area contributed by atoms with E-state index in [-0.39, 0.29) is 12.0 Å². The molecule has 3 N–H and O–H groups in total. The van der Waals surface area contributed by atoms with Gasteiger partial charge in [-0.25, -0.2) is 4.99 Å². The number of aliphatic imine (C=N–C) groups is 1. The smallest absolute Gasteiger partial charge is 0.191 e. The van der Waals surface area contributed by atoms with Crippen LogP contribution in [0, 0.1) is 5.41 Å². The van der Waals surface area contributed by atoms with Gasteiger partial charge in [0.05, 0.1) is 6.26 Å². The van der Waals surface area contributed by atoms with Crippen molar-refractivity contribution in [2.45, 2.75) is 46.6 Å². The van der Waals surface area contributed by atoms with Crippen molar-refractivity contribution < 1.29 is 9.52 Å². The Hall–Kier alpha value is -1.49. The van der Waals surface area contributed by atoms with Crippen molar-refractivity contribution in [1.82, 2.24) is 10.6 Å². The minimum absolute atomic E-state index is 0.121. The second-order valence-corrected chi connectivity index (χ2v) is 5.31. The first kappa shape index (κ1) is 17.6. The van der Waals surface area contributed by atoms with Crippen LogP contribution in [-0.2, 0) is 6.54 Å². The maximum absolute atomic E-state index is 9.28. The zero-order chi connectivity index (χ0) is 15.6. The summed E-state index contributed by atoms with van der Waals surface area (Å²) >= 11 is 0. The van der Waals surface area contributed by atoms with Gasteiger partial charge in [0.2, 0.25) is 0 Å². The molecular weight excluding hydrogens is 266 g/mol. The third-order valence-corrected chi connectivity index (χ3v) is 4.09. The number of rotatable bonds is 9. The van der Waals surface area contributed by atoms with Gasteiger partial charge in [-0.3, -0.25) is 0 Å². The number of furan rings is 1. The molecule has 1 heterocycles. The third-order valence-electron chi connectivity index (χ3n) is 4.09. The molecule has 0 radical (unpaired) electrons. The average molecular weight is 295 g/mol. The van der Waals surface area contributed by atoms with Gasteiger partial charge >= 0.3 is 0 Å². The van der Waals surface area contributed by atoms with Crippen LogP contribution in [0.3, 0.4) is 0 Å². The summed E-state index contributed by atoms with van der Waals surface area (Å²) in [7, 11) is 0. The summed E-state index contributed by atoms with van der Waals surface area (Å²) in [4.78, 5) is 4.53. The number of nitrogens with zero attached hydrogens (tertiary/aromatic N) is 1. The lowest BCUT2D eigenvalue weighted by molar-refractivity contribution is 0.169. The van der Waals surface area contributed by atoms with Gasteiger partial charge in [-0.1, -0.05) is 13.8 Å². The number of aliphatic hydroxyl groups excluding tert-OH is 1.